The molecule has 0 saturated heterocycles. The molecule has 9 nitrogen and oxygen atoms in total. The quantitative estimate of drug-likeness (QED) is 0.480. The van der Waals surface area contributed by atoms with E-state index in [1.54, 1.807) is 6.08 Å². The van der Waals surface area contributed by atoms with Crippen LogP contribution in [0.5, 0.6) is 5.75 Å². The van der Waals surface area contributed by atoms with Crippen molar-refractivity contribution >= 4 is 31.0 Å². The van der Waals surface area contributed by atoms with Crippen LogP contribution in [0, 0.1) is 0 Å². The highest BCUT2D eigenvalue weighted by Gasteiger charge is 2.24. The second-order valence-corrected chi connectivity index (χ2v) is 9.75. The van der Waals surface area contributed by atoms with Gasteiger partial charge in [0, 0.05) is 25.0 Å². The minimum atomic E-state index is -3.82. The smallest absolute Gasteiger partial charge is 0.335 e. The molecule has 2 N–H and O–H groups in total. The Morgan fingerprint density at radius 1 is 1.26 bits per heavy atom. The summed E-state index contributed by atoms with van der Waals surface area (Å²) >= 11 is 0. The number of benzene rings is 1. The Kier molecular flexibility index (Phi) is 8.43. The second kappa shape index (κ2) is 10.6. The van der Waals surface area contributed by atoms with Gasteiger partial charge >= 0.3 is 5.97 Å². The van der Waals surface area contributed by atoms with Gasteiger partial charge in [0.05, 0.1) is 5.56 Å². The van der Waals surface area contributed by atoms with Gasteiger partial charge in [-0.1, -0.05) is 13.8 Å². The molecule has 1 unspecified atom stereocenters. The van der Waals surface area contributed by atoms with Gasteiger partial charge in [0.2, 0.25) is 10.3 Å². The van der Waals surface area contributed by atoms with Crippen molar-refractivity contribution in [1.29, 1.82) is 0 Å². The van der Waals surface area contributed by atoms with Crippen molar-refractivity contribution in [1.82, 2.24) is 10.2 Å². The minimum absolute atomic E-state index is 0.0744. The SMILES string of the molecule is CCN(CC)CCNC1=CC(=S(=O)=O)C(Oc2ccc(C(=O)O)cc2S(C)(=O)=O)C=C1. The molecule has 1 aliphatic rings. The molecular formula is C20H26N2O7S2. The molecule has 2 rings (SSSR count). The van der Waals surface area contributed by atoms with E-state index in [1.807, 2.05) is 0 Å². The summed E-state index contributed by atoms with van der Waals surface area (Å²) in [6.07, 6.45) is 4.47. The summed E-state index contributed by atoms with van der Waals surface area (Å²) in [5.41, 5.74) is 0.374. The minimum Gasteiger partial charge on any atom is -0.479 e. The lowest BCUT2D eigenvalue weighted by atomic mass is 10.1. The number of sulfone groups is 1. The Bertz CT molecular complexity index is 1120. The fourth-order valence-electron chi connectivity index (χ4n) is 2.98. The van der Waals surface area contributed by atoms with Gasteiger partial charge in [-0.3, -0.25) is 0 Å². The van der Waals surface area contributed by atoms with Crippen LogP contribution in [0.4, 0.5) is 0 Å². The summed E-state index contributed by atoms with van der Waals surface area (Å²) in [5.74, 6) is -1.42. The molecule has 1 aromatic rings. The standard InChI is InChI=1S/C20H26N2O7S2/c1-4-22(5-2)11-10-21-15-7-9-16(18(13-15)30(25)26)29-17-8-6-14(20(23)24)12-19(17)31(3,27)28/h6-9,12-13,16,21H,4-5,10-11H2,1-3H3,(H,23,24). The molecule has 0 spiro atoms. The van der Waals surface area contributed by atoms with Crippen molar-refractivity contribution in [2.75, 3.05) is 32.4 Å². The topological polar surface area (TPSA) is 130 Å². The third kappa shape index (κ3) is 6.68. The average Bonchev–Trinajstić information content (AvgIpc) is 2.71. The van der Waals surface area contributed by atoms with E-state index < -0.39 is 32.2 Å². The van der Waals surface area contributed by atoms with Crippen LogP contribution in [0.25, 0.3) is 0 Å². The van der Waals surface area contributed by atoms with Gasteiger partial charge in [-0.15, -0.1) is 0 Å². The van der Waals surface area contributed by atoms with E-state index in [2.05, 4.69) is 24.1 Å². The zero-order valence-corrected chi connectivity index (χ0v) is 19.2. The highest BCUT2D eigenvalue weighted by molar-refractivity contribution is 7.90. The predicted octanol–water partition coefficient (Wildman–Crippen LogP) is 0.972. The largest absolute Gasteiger partial charge is 0.479 e. The van der Waals surface area contributed by atoms with Crippen molar-refractivity contribution in [3.05, 3.63) is 47.7 Å². The Hall–Kier alpha value is -2.63. The van der Waals surface area contributed by atoms with Gasteiger partial charge in [-0.05, 0) is 49.5 Å². The van der Waals surface area contributed by atoms with E-state index in [-0.39, 0.29) is 21.1 Å². The number of rotatable bonds is 10. The number of nitrogens with one attached hydrogen (secondary N) is 1. The normalized spacial score (nSPS) is 16.2. The summed E-state index contributed by atoms with van der Waals surface area (Å²) < 4.78 is 53.5. The van der Waals surface area contributed by atoms with Crippen LogP contribution in [-0.2, 0) is 20.1 Å². The van der Waals surface area contributed by atoms with Crippen LogP contribution in [0.3, 0.4) is 0 Å². The number of nitrogens with zero attached hydrogens (tertiary/aromatic N) is 1. The first-order valence-corrected chi connectivity index (χ1v) is 12.6. The van der Waals surface area contributed by atoms with E-state index in [0.717, 1.165) is 32.0 Å². The molecule has 1 aliphatic carbocycles. The molecule has 1 aromatic carbocycles. The van der Waals surface area contributed by atoms with Gasteiger partial charge in [0.1, 0.15) is 15.5 Å². The van der Waals surface area contributed by atoms with E-state index in [4.69, 9.17) is 9.84 Å². The number of allylic oxidation sites excluding steroid dienone is 1. The molecule has 0 aliphatic heterocycles. The highest BCUT2D eigenvalue weighted by atomic mass is 32.2. The number of hydrogen-bond donors (Lipinski definition) is 2. The lowest BCUT2D eigenvalue weighted by Gasteiger charge is -2.22. The maximum atomic E-state index is 12.1. The number of carbonyl (C=O) groups is 1. The van der Waals surface area contributed by atoms with Gasteiger partial charge in [0.15, 0.2) is 15.9 Å². The molecule has 0 bridgehead atoms. The van der Waals surface area contributed by atoms with E-state index >= 15 is 0 Å². The first kappa shape index (κ1) is 24.6. The fourth-order valence-corrected chi connectivity index (χ4v) is 4.35. The van der Waals surface area contributed by atoms with Crippen LogP contribution < -0.4 is 10.1 Å². The average molecular weight is 471 g/mol. The first-order valence-electron chi connectivity index (χ1n) is 9.63. The summed E-state index contributed by atoms with van der Waals surface area (Å²) in [6.45, 7) is 7.36. The van der Waals surface area contributed by atoms with E-state index in [9.17, 15) is 21.6 Å². The zero-order chi connectivity index (χ0) is 23.2. The van der Waals surface area contributed by atoms with Crippen molar-refractivity contribution < 1.29 is 31.5 Å². The maximum Gasteiger partial charge on any atom is 0.335 e. The third-order valence-corrected chi connectivity index (χ3v) is 6.57. The van der Waals surface area contributed by atoms with Crippen LogP contribution in [0.2, 0.25) is 0 Å². The summed E-state index contributed by atoms with van der Waals surface area (Å²) in [6, 6.07) is 3.40. The Morgan fingerprint density at radius 3 is 2.48 bits per heavy atom. The molecule has 11 heteroatoms. The molecule has 0 amide bonds. The van der Waals surface area contributed by atoms with Crippen molar-refractivity contribution in [3.8, 4) is 5.75 Å². The molecule has 1 atom stereocenters. The van der Waals surface area contributed by atoms with Crippen molar-refractivity contribution in [3.63, 3.8) is 0 Å². The van der Waals surface area contributed by atoms with Crippen LogP contribution in [0.1, 0.15) is 24.2 Å². The maximum absolute atomic E-state index is 12.1. The van der Waals surface area contributed by atoms with Crippen molar-refractivity contribution in [2.24, 2.45) is 0 Å². The van der Waals surface area contributed by atoms with Gasteiger partial charge in [0.25, 0.3) is 0 Å². The number of ether oxygens (including phenoxy) is 1. The summed E-state index contributed by atoms with van der Waals surface area (Å²) in [5, 5.41) is 12.3. The fraction of sp³-hybridized carbons (Fsp3) is 0.400. The predicted molar refractivity (Wildman–Crippen MR) is 118 cm³/mol. The van der Waals surface area contributed by atoms with Gasteiger partial charge in [-0.2, -0.15) is 8.42 Å². The lowest BCUT2D eigenvalue weighted by Crippen LogP contribution is -2.33. The molecule has 31 heavy (non-hydrogen) atoms. The molecule has 0 saturated carbocycles. The molecule has 0 radical (unpaired) electrons. The molecule has 0 aromatic heterocycles. The lowest BCUT2D eigenvalue weighted by molar-refractivity contribution is 0.0696. The second-order valence-electron chi connectivity index (χ2n) is 6.83. The Balaban J connectivity index is 2.26. The van der Waals surface area contributed by atoms with E-state index in [1.165, 1.54) is 24.3 Å². The summed E-state index contributed by atoms with van der Waals surface area (Å²) in [7, 11) is -6.44. The summed E-state index contributed by atoms with van der Waals surface area (Å²) in [4.78, 5) is 13.0. The van der Waals surface area contributed by atoms with Crippen LogP contribution in [0.15, 0.2) is 47.0 Å². The molecular weight excluding hydrogens is 444 g/mol. The monoisotopic (exact) mass is 470 g/mol. The number of carboxylic acid groups (broad SMARTS) is 1. The molecule has 0 fully saturated rings. The number of likely N-dealkylation sites (N-methyl/N-ethyl adjacent to an activating group) is 1. The van der Waals surface area contributed by atoms with Crippen molar-refractivity contribution in [2.45, 2.75) is 24.8 Å². The van der Waals surface area contributed by atoms with Crippen LogP contribution >= 0.6 is 0 Å². The van der Waals surface area contributed by atoms with Crippen LogP contribution in [-0.4, -0.2) is 76.2 Å². The van der Waals surface area contributed by atoms with Gasteiger partial charge in [-0.25, -0.2) is 13.2 Å². The Morgan fingerprint density at radius 2 is 1.94 bits per heavy atom. The third-order valence-electron chi connectivity index (χ3n) is 4.72. The Labute approximate surface area is 183 Å². The number of hydrogen-bond acceptors (Lipinski definition) is 8. The highest BCUT2D eigenvalue weighted by Crippen LogP contribution is 2.27. The van der Waals surface area contributed by atoms with Gasteiger partial charge < -0.3 is 20.1 Å². The first-order chi connectivity index (χ1) is 14.6. The molecule has 170 valence electrons. The number of carboxylic acids is 1. The number of aromatic carboxylic acids is 1. The molecule has 0 heterocycles. The zero-order valence-electron chi connectivity index (χ0n) is 17.5. The van der Waals surface area contributed by atoms with E-state index in [0.29, 0.717) is 12.2 Å².